The molecule has 1 aliphatic rings. The van der Waals surface area contributed by atoms with Crippen molar-refractivity contribution in [3.63, 3.8) is 0 Å². The molecule has 1 aliphatic heterocycles. The Morgan fingerprint density at radius 3 is 2.62 bits per heavy atom. The number of benzene rings is 2. The number of carbonyl (C=O) groups excluding carboxylic acids is 1. The van der Waals surface area contributed by atoms with Gasteiger partial charge in [0.15, 0.2) is 5.13 Å². The summed E-state index contributed by atoms with van der Waals surface area (Å²) in [6, 6.07) is 18.4. The third kappa shape index (κ3) is 4.77. The first kappa shape index (κ1) is 19.5. The maximum atomic E-state index is 12.7. The van der Waals surface area contributed by atoms with E-state index in [1.165, 1.54) is 5.56 Å². The molecule has 6 heteroatoms. The van der Waals surface area contributed by atoms with Crippen molar-refractivity contribution in [3.8, 4) is 16.2 Å². The zero-order valence-corrected chi connectivity index (χ0v) is 17.3. The van der Waals surface area contributed by atoms with Crippen molar-refractivity contribution in [1.82, 2.24) is 9.88 Å². The molecule has 5 nitrogen and oxygen atoms in total. The van der Waals surface area contributed by atoms with E-state index in [0.717, 1.165) is 47.3 Å². The first-order valence-electron chi connectivity index (χ1n) is 9.90. The number of aromatic nitrogens is 1. The molecule has 1 saturated heterocycles. The van der Waals surface area contributed by atoms with Crippen molar-refractivity contribution in [3.05, 3.63) is 66.4 Å². The average molecular weight is 408 g/mol. The van der Waals surface area contributed by atoms with Gasteiger partial charge in [0.05, 0.1) is 18.4 Å². The normalized spacial score (nSPS) is 14.6. The van der Waals surface area contributed by atoms with Crippen LogP contribution in [0.1, 0.15) is 18.4 Å². The van der Waals surface area contributed by atoms with Crippen LogP contribution in [0.15, 0.2) is 60.8 Å². The van der Waals surface area contributed by atoms with E-state index in [1.807, 2.05) is 53.6 Å². The first-order valence-corrected chi connectivity index (χ1v) is 10.7. The number of amides is 1. The van der Waals surface area contributed by atoms with Crippen molar-refractivity contribution >= 4 is 22.4 Å². The summed E-state index contributed by atoms with van der Waals surface area (Å²) < 4.78 is 5.36. The van der Waals surface area contributed by atoms with Crippen molar-refractivity contribution in [2.75, 3.05) is 25.5 Å². The fourth-order valence-corrected chi connectivity index (χ4v) is 4.55. The molecule has 1 fully saturated rings. The molecule has 150 valence electrons. The van der Waals surface area contributed by atoms with Crippen LogP contribution < -0.4 is 10.1 Å². The topological polar surface area (TPSA) is 54.5 Å². The highest BCUT2D eigenvalue weighted by molar-refractivity contribution is 7.18. The van der Waals surface area contributed by atoms with Crippen LogP contribution in [-0.4, -0.2) is 42.0 Å². The standard InChI is InChI=1S/C23H25N3O2S/c1-28-20-10-6-5-9-18(20)15-22(27)26-13-11-19(12-14-26)25-23-24-16-21(29-23)17-7-3-2-4-8-17/h2-10,16,19H,11-15H2,1H3,(H,24,25). The monoisotopic (exact) mass is 407 g/mol. The number of rotatable bonds is 6. The molecule has 0 spiro atoms. The summed E-state index contributed by atoms with van der Waals surface area (Å²) in [5.74, 6) is 0.934. The molecule has 0 saturated carbocycles. The van der Waals surface area contributed by atoms with Gasteiger partial charge in [-0.05, 0) is 24.5 Å². The van der Waals surface area contributed by atoms with Crippen LogP contribution in [0.4, 0.5) is 5.13 Å². The second-order valence-electron chi connectivity index (χ2n) is 7.18. The van der Waals surface area contributed by atoms with Crippen LogP contribution in [0.3, 0.4) is 0 Å². The molecule has 0 unspecified atom stereocenters. The Kier molecular flexibility index (Phi) is 6.10. The fourth-order valence-electron chi connectivity index (χ4n) is 3.65. The van der Waals surface area contributed by atoms with Crippen LogP contribution >= 0.6 is 11.3 Å². The van der Waals surface area contributed by atoms with Gasteiger partial charge in [0.25, 0.3) is 0 Å². The quantitative estimate of drug-likeness (QED) is 0.655. The van der Waals surface area contributed by atoms with Crippen LogP contribution in [0.25, 0.3) is 10.4 Å². The van der Waals surface area contributed by atoms with Crippen LogP contribution in [0, 0.1) is 0 Å². The Morgan fingerprint density at radius 2 is 1.86 bits per heavy atom. The maximum Gasteiger partial charge on any atom is 0.227 e. The van der Waals surface area contributed by atoms with E-state index in [1.54, 1.807) is 18.4 Å². The molecule has 0 atom stereocenters. The first-order chi connectivity index (χ1) is 14.2. The number of piperidine rings is 1. The van der Waals surface area contributed by atoms with E-state index in [2.05, 4.69) is 22.4 Å². The van der Waals surface area contributed by atoms with Crippen LogP contribution in [0.2, 0.25) is 0 Å². The summed E-state index contributed by atoms with van der Waals surface area (Å²) in [7, 11) is 1.64. The summed E-state index contributed by atoms with van der Waals surface area (Å²) >= 11 is 1.68. The zero-order valence-electron chi connectivity index (χ0n) is 16.5. The smallest absolute Gasteiger partial charge is 0.227 e. The number of nitrogens with one attached hydrogen (secondary N) is 1. The zero-order chi connectivity index (χ0) is 20.1. The number of nitrogens with zero attached hydrogens (tertiary/aromatic N) is 2. The summed E-state index contributed by atoms with van der Waals surface area (Å²) in [6.45, 7) is 1.53. The van der Waals surface area contributed by atoms with E-state index in [-0.39, 0.29) is 5.91 Å². The highest BCUT2D eigenvalue weighted by Crippen LogP contribution is 2.30. The number of anilines is 1. The van der Waals surface area contributed by atoms with E-state index < -0.39 is 0 Å². The number of thiazole rings is 1. The SMILES string of the molecule is COc1ccccc1CC(=O)N1CCC(Nc2ncc(-c3ccccc3)s2)CC1. The number of hydrogen-bond donors (Lipinski definition) is 1. The van der Waals surface area contributed by atoms with Crippen LogP contribution in [0.5, 0.6) is 5.75 Å². The molecule has 29 heavy (non-hydrogen) atoms. The Morgan fingerprint density at radius 1 is 1.14 bits per heavy atom. The number of likely N-dealkylation sites (tertiary alicyclic amines) is 1. The Bertz CT molecular complexity index is 950. The Labute approximate surface area is 175 Å². The third-order valence-electron chi connectivity index (χ3n) is 5.27. The minimum absolute atomic E-state index is 0.161. The van der Waals surface area contributed by atoms with Gasteiger partial charge in [-0.15, -0.1) is 0 Å². The molecule has 0 bridgehead atoms. The van der Waals surface area contributed by atoms with Crippen LogP contribution in [-0.2, 0) is 11.2 Å². The summed E-state index contributed by atoms with van der Waals surface area (Å²) in [6.07, 6.45) is 4.17. The highest BCUT2D eigenvalue weighted by Gasteiger charge is 2.24. The van der Waals surface area contributed by atoms with E-state index in [0.29, 0.717) is 12.5 Å². The maximum absolute atomic E-state index is 12.7. The molecule has 2 heterocycles. The fraction of sp³-hybridized carbons (Fsp3) is 0.304. The predicted molar refractivity (Wildman–Crippen MR) is 117 cm³/mol. The average Bonchev–Trinajstić information content (AvgIpc) is 3.24. The van der Waals surface area contributed by atoms with Gasteiger partial charge in [0.2, 0.25) is 5.91 Å². The third-order valence-corrected chi connectivity index (χ3v) is 6.25. The van der Waals surface area contributed by atoms with Gasteiger partial charge in [0.1, 0.15) is 5.75 Å². The number of methoxy groups -OCH3 is 1. The molecule has 1 N–H and O–H groups in total. The largest absolute Gasteiger partial charge is 0.496 e. The lowest BCUT2D eigenvalue weighted by Gasteiger charge is -2.32. The number of hydrogen-bond acceptors (Lipinski definition) is 5. The van der Waals surface area contributed by atoms with Gasteiger partial charge in [-0.1, -0.05) is 59.9 Å². The molecular weight excluding hydrogens is 382 g/mol. The lowest BCUT2D eigenvalue weighted by molar-refractivity contribution is -0.131. The molecule has 3 aromatic rings. The highest BCUT2D eigenvalue weighted by atomic mass is 32.1. The van der Waals surface area contributed by atoms with Crippen molar-refractivity contribution < 1.29 is 9.53 Å². The summed E-state index contributed by atoms with van der Waals surface area (Å²) in [4.78, 5) is 20.4. The van der Waals surface area contributed by atoms with Gasteiger partial charge in [-0.25, -0.2) is 4.98 Å². The molecule has 1 amide bonds. The Hall–Kier alpha value is -2.86. The number of para-hydroxylation sites is 1. The number of ether oxygens (including phenoxy) is 1. The van der Waals surface area contributed by atoms with Crippen molar-refractivity contribution in [2.45, 2.75) is 25.3 Å². The second kappa shape index (κ2) is 9.09. The van der Waals surface area contributed by atoms with E-state index >= 15 is 0 Å². The van der Waals surface area contributed by atoms with Gasteiger partial charge < -0.3 is 15.0 Å². The summed E-state index contributed by atoms with van der Waals surface area (Å²) in [5, 5.41) is 4.49. The minimum Gasteiger partial charge on any atom is -0.496 e. The van der Waals surface area contributed by atoms with Gasteiger partial charge in [-0.2, -0.15) is 0 Å². The van der Waals surface area contributed by atoms with E-state index in [4.69, 9.17) is 4.74 Å². The predicted octanol–water partition coefficient (Wildman–Crippen LogP) is 4.46. The molecule has 0 aliphatic carbocycles. The summed E-state index contributed by atoms with van der Waals surface area (Å²) in [5.41, 5.74) is 2.13. The molecule has 2 aromatic carbocycles. The van der Waals surface area contributed by atoms with Gasteiger partial charge in [0, 0.05) is 30.9 Å². The van der Waals surface area contributed by atoms with Crippen molar-refractivity contribution in [2.24, 2.45) is 0 Å². The molecule has 4 rings (SSSR count). The van der Waals surface area contributed by atoms with Gasteiger partial charge in [-0.3, -0.25) is 4.79 Å². The minimum atomic E-state index is 0.161. The Balaban J connectivity index is 1.29. The van der Waals surface area contributed by atoms with Crippen molar-refractivity contribution in [1.29, 1.82) is 0 Å². The molecule has 0 radical (unpaired) electrons. The van der Waals surface area contributed by atoms with E-state index in [9.17, 15) is 4.79 Å². The number of carbonyl (C=O) groups is 1. The second-order valence-corrected chi connectivity index (χ2v) is 8.21. The van der Waals surface area contributed by atoms with Gasteiger partial charge >= 0.3 is 0 Å². The molecular formula is C23H25N3O2S. The lowest BCUT2D eigenvalue weighted by atomic mass is 10.0. The molecule has 1 aromatic heterocycles. The lowest BCUT2D eigenvalue weighted by Crippen LogP contribution is -2.43.